The third-order valence-electron chi connectivity index (χ3n) is 3.46. The largest absolute Gasteiger partial charge is 0.417 e. The number of aromatic nitrogens is 4. The second kappa shape index (κ2) is 6.62. The number of hydrogen-bond acceptors (Lipinski definition) is 4. The molecule has 0 N–H and O–H groups in total. The van der Waals surface area contributed by atoms with Crippen LogP contribution in [-0.2, 0) is 12.6 Å². The Bertz CT molecular complexity index is 967. The number of halogens is 5. The van der Waals surface area contributed by atoms with Crippen molar-refractivity contribution in [2.24, 2.45) is 0 Å². The molecule has 0 saturated heterocycles. The molecule has 2 aromatic heterocycles. The molecule has 0 spiro atoms. The van der Waals surface area contributed by atoms with Gasteiger partial charge in [-0.3, -0.25) is 4.79 Å². The number of carbonyl (C=O) groups excluding carboxylic acids is 1. The van der Waals surface area contributed by atoms with Gasteiger partial charge in [-0.05, 0) is 12.1 Å². The van der Waals surface area contributed by atoms with Gasteiger partial charge < -0.3 is 0 Å². The van der Waals surface area contributed by atoms with Crippen molar-refractivity contribution in [1.82, 2.24) is 19.7 Å². The Labute approximate surface area is 143 Å². The van der Waals surface area contributed by atoms with E-state index >= 15 is 0 Å². The van der Waals surface area contributed by atoms with Gasteiger partial charge in [0.25, 0.3) is 5.95 Å². The first kappa shape index (κ1) is 17.6. The minimum absolute atomic E-state index is 0.0744. The predicted octanol–water partition coefficient (Wildman–Crippen LogP) is 3.38. The van der Waals surface area contributed by atoms with E-state index in [1.807, 2.05) is 0 Å². The molecule has 3 aromatic rings. The van der Waals surface area contributed by atoms with Crippen molar-refractivity contribution in [3.8, 4) is 5.82 Å². The number of alkyl halides is 3. The molecule has 134 valence electrons. The number of nitrogens with zero attached hydrogens (tertiary/aromatic N) is 4. The van der Waals surface area contributed by atoms with Gasteiger partial charge in [-0.25, -0.2) is 14.6 Å². The molecule has 0 fully saturated rings. The number of ketones is 1. The van der Waals surface area contributed by atoms with Gasteiger partial charge in [0.1, 0.15) is 6.33 Å². The maximum Gasteiger partial charge on any atom is 0.417 e. The fourth-order valence-electron chi connectivity index (χ4n) is 2.31. The summed E-state index contributed by atoms with van der Waals surface area (Å²) in [5, 5.41) is 3.86. The van der Waals surface area contributed by atoms with E-state index in [0.717, 1.165) is 23.1 Å². The Morgan fingerprint density at radius 2 is 1.81 bits per heavy atom. The maximum absolute atomic E-state index is 13.7. The predicted molar refractivity (Wildman–Crippen MR) is 78.5 cm³/mol. The number of hydrogen-bond donors (Lipinski definition) is 0. The average Bonchev–Trinajstić information content (AvgIpc) is 3.04. The minimum atomic E-state index is -4.67. The lowest BCUT2D eigenvalue weighted by Gasteiger charge is -2.11. The molecule has 0 aliphatic rings. The highest BCUT2D eigenvalue weighted by Crippen LogP contribution is 2.32. The van der Waals surface area contributed by atoms with Gasteiger partial charge in [0.2, 0.25) is 5.82 Å². The van der Waals surface area contributed by atoms with Crippen LogP contribution < -0.4 is 0 Å². The van der Waals surface area contributed by atoms with E-state index in [1.165, 1.54) is 24.4 Å². The summed E-state index contributed by atoms with van der Waals surface area (Å²) in [6, 6.07) is 5.68. The van der Waals surface area contributed by atoms with Crippen LogP contribution in [0.25, 0.3) is 5.82 Å². The van der Waals surface area contributed by atoms with Crippen molar-refractivity contribution < 1.29 is 26.7 Å². The highest BCUT2D eigenvalue weighted by Gasteiger charge is 2.34. The summed E-state index contributed by atoms with van der Waals surface area (Å²) in [5.74, 6) is -4.00. The van der Waals surface area contributed by atoms with Gasteiger partial charge in [-0.1, -0.05) is 18.2 Å². The van der Waals surface area contributed by atoms with E-state index in [-0.39, 0.29) is 5.69 Å². The quantitative estimate of drug-likeness (QED) is 0.402. The highest BCUT2D eigenvalue weighted by atomic mass is 19.4. The van der Waals surface area contributed by atoms with Crippen LogP contribution in [0.4, 0.5) is 22.0 Å². The molecule has 0 amide bonds. The zero-order valence-electron chi connectivity index (χ0n) is 12.8. The van der Waals surface area contributed by atoms with E-state index in [9.17, 15) is 26.7 Å². The summed E-state index contributed by atoms with van der Waals surface area (Å²) in [4.78, 5) is 18.8. The zero-order valence-corrected chi connectivity index (χ0v) is 12.8. The van der Waals surface area contributed by atoms with E-state index in [0.29, 0.717) is 0 Å². The van der Waals surface area contributed by atoms with Gasteiger partial charge in [0, 0.05) is 11.8 Å². The van der Waals surface area contributed by atoms with Gasteiger partial charge in [0.15, 0.2) is 11.6 Å². The molecule has 0 bridgehead atoms. The van der Waals surface area contributed by atoms with Crippen molar-refractivity contribution in [1.29, 1.82) is 0 Å². The number of benzene rings is 1. The van der Waals surface area contributed by atoms with Crippen LogP contribution in [0.2, 0.25) is 0 Å². The Hall–Kier alpha value is -3.17. The summed E-state index contributed by atoms with van der Waals surface area (Å²) >= 11 is 0. The Balaban J connectivity index is 1.87. The minimum Gasteiger partial charge on any atom is -0.294 e. The van der Waals surface area contributed by atoms with Crippen LogP contribution in [0.3, 0.4) is 0 Å². The molecule has 0 aliphatic carbocycles. The van der Waals surface area contributed by atoms with Gasteiger partial charge in [-0.15, -0.1) is 0 Å². The van der Waals surface area contributed by atoms with Crippen LogP contribution in [0.15, 0.2) is 42.9 Å². The standard InChI is InChI=1S/C16H9F5N4O/c17-13-14(18)22-8-23-15(13)25-6-5-9(24-25)7-12(26)10-3-1-2-4-11(10)16(19,20)21/h1-6,8H,7H2. The third-order valence-corrected chi connectivity index (χ3v) is 3.46. The van der Waals surface area contributed by atoms with Crippen molar-refractivity contribution >= 4 is 5.78 Å². The zero-order chi connectivity index (χ0) is 18.9. The van der Waals surface area contributed by atoms with Crippen LogP contribution in [0.1, 0.15) is 21.6 Å². The van der Waals surface area contributed by atoms with Crippen molar-refractivity contribution in [2.75, 3.05) is 0 Å². The molecule has 5 nitrogen and oxygen atoms in total. The lowest BCUT2D eigenvalue weighted by Crippen LogP contribution is -2.14. The normalized spacial score (nSPS) is 11.6. The van der Waals surface area contributed by atoms with Crippen LogP contribution >= 0.6 is 0 Å². The summed E-state index contributed by atoms with van der Waals surface area (Å²) in [5.41, 5.74) is -1.47. The van der Waals surface area contributed by atoms with Crippen molar-refractivity contribution in [2.45, 2.75) is 12.6 Å². The fourth-order valence-corrected chi connectivity index (χ4v) is 2.31. The number of carbonyl (C=O) groups is 1. The molecule has 0 saturated carbocycles. The molecule has 26 heavy (non-hydrogen) atoms. The molecule has 0 radical (unpaired) electrons. The average molecular weight is 368 g/mol. The lowest BCUT2D eigenvalue weighted by atomic mass is 10.0. The summed E-state index contributed by atoms with van der Waals surface area (Å²) in [6.07, 6.45) is -3.12. The van der Waals surface area contributed by atoms with Crippen LogP contribution in [-0.4, -0.2) is 25.5 Å². The van der Waals surface area contributed by atoms with E-state index in [1.54, 1.807) is 0 Å². The Kier molecular flexibility index (Phi) is 4.49. The SMILES string of the molecule is O=C(Cc1ccn(-c2ncnc(F)c2F)n1)c1ccccc1C(F)(F)F. The monoisotopic (exact) mass is 368 g/mol. The second-order valence-electron chi connectivity index (χ2n) is 5.20. The van der Waals surface area contributed by atoms with E-state index in [2.05, 4.69) is 15.1 Å². The van der Waals surface area contributed by atoms with Gasteiger partial charge in [0.05, 0.1) is 17.7 Å². The fraction of sp³-hybridized carbons (Fsp3) is 0.125. The molecule has 10 heteroatoms. The lowest BCUT2D eigenvalue weighted by molar-refractivity contribution is -0.137. The molecular formula is C16H9F5N4O. The maximum atomic E-state index is 13.7. The first-order chi connectivity index (χ1) is 12.3. The molecule has 0 unspecified atom stereocenters. The van der Waals surface area contributed by atoms with Gasteiger partial charge in [-0.2, -0.15) is 27.1 Å². The second-order valence-corrected chi connectivity index (χ2v) is 5.20. The molecule has 0 atom stereocenters. The highest BCUT2D eigenvalue weighted by molar-refractivity contribution is 5.98. The molecule has 2 heterocycles. The Morgan fingerprint density at radius 1 is 1.08 bits per heavy atom. The summed E-state index contributed by atoms with van der Waals surface area (Å²) in [6.45, 7) is 0. The van der Waals surface area contributed by atoms with Crippen LogP contribution in [0, 0.1) is 11.8 Å². The first-order valence-electron chi connectivity index (χ1n) is 7.17. The van der Waals surface area contributed by atoms with Gasteiger partial charge >= 0.3 is 6.18 Å². The van der Waals surface area contributed by atoms with Crippen molar-refractivity contribution in [3.05, 3.63) is 71.4 Å². The molecule has 3 rings (SSSR count). The van der Waals surface area contributed by atoms with Crippen LogP contribution in [0.5, 0.6) is 0 Å². The third kappa shape index (κ3) is 3.44. The summed E-state index contributed by atoms with van der Waals surface area (Å²) < 4.78 is 66.6. The summed E-state index contributed by atoms with van der Waals surface area (Å²) in [7, 11) is 0. The first-order valence-corrected chi connectivity index (χ1v) is 7.17. The smallest absolute Gasteiger partial charge is 0.294 e. The van der Waals surface area contributed by atoms with E-state index in [4.69, 9.17) is 0 Å². The van der Waals surface area contributed by atoms with E-state index < -0.39 is 47.1 Å². The number of rotatable bonds is 4. The van der Waals surface area contributed by atoms with Crippen molar-refractivity contribution in [3.63, 3.8) is 0 Å². The topological polar surface area (TPSA) is 60.7 Å². The molecule has 1 aromatic carbocycles. The number of Topliss-reactive ketones (excluding diaryl/α,β-unsaturated/α-hetero) is 1. The Morgan fingerprint density at radius 3 is 2.54 bits per heavy atom. The molecule has 0 aliphatic heterocycles. The molecular weight excluding hydrogens is 359 g/mol.